The molecule has 0 radical (unpaired) electrons. The van der Waals surface area contributed by atoms with Crippen molar-refractivity contribution in [2.24, 2.45) is 0 Å². The summed E-state index contributed by atoms with van der Waals surface area (Å²) in [5.74, 6) is -0.783. The second-order valence-electron chi connectivity index (χ2n) is 5.26. The number of aromatic carboxylic acids is 1. The van der Waals surface area contributed by atoms with Crippen molar-refractivity contribution in [1.82, 2.24) is 0 Å². The molecule has 0 aromatic heterocycles. The molecule has 0 saturated heterocycles. The first-order valence-corrected chi connectivity index (χ1v) is 8.75. The van der Waals surface area contributed by atoms with Crippen LogP contribution in [0.1, 0.15) is 23.7 Å². The van der Waals surface area contributed by atoms with E-state index in [9.17, 15) is 9.90 Å². The number of phenolic OH excluding ortho intramolecular Hbond substituents is 1. The van der Waals surface area contributed by atoms with Crippen LogP contribution in [0.3, 0.4) is 0 Å². The summed E-state index contributed by atoms with van der Waals surface area (Å²) in [6.45, 7) is 1.93. The predicted molar refractivity (Wildman–Crippen MR) is 102 cm³/mol. The molecule has 4 heteroatoms. The summed E-state index contributed by atoms with van der Waals surface area (Å²) in [5, 5.41) is 22.1. The summed E-state index contributed by atoms with van der Waals surface area (Å²) < 4.78 is 0. The van der Waals surface area contributed by atoms with Crippen LogP contribution in [0.2, 0.25) is 0 Å². The molecule has 0 unspecified atom stereocenters. The summed E-state index contributed by atoms with van der Waals surface area (Å²) in [7, 11) is 0. The number of hydrogen-bond donors (Lipinski definition) is 2. The lowest BCUT2D eigenvalue weighted by Crippen LogP contribution is -2.24. The number of carboxylic acid groups (broad SMARTS) is 1. The largest absolute Gasteiger partial charge is 0.507 e. The van der Waals surface area contributed by atoms with Crippen LogP contribution in [0.5, 0.6) is 5.75 Å². The maximum Gasteiger partial charge on any atom is 0.335 e. The highest BCUT2D eigenvalue weighted by Gasteiger charge is 2.07. The smallest absolute Gasteiger partial charge is 0.335 e. The monoisotopic (exact) mass is 386 g/mol. The van der Waals surface area contributed by atoms with Crippen LogP contribution in [0.4, 0.5) is 0 Å². The van der Waals surface area contributed by atoms with Crippen molar-refractivity contribution in [3.8, 4) is 16.9 Å². The van der Waals surface area contributed by atoms with Crippen LogP contribution in [-0.2, 0) is 0 Å². The van der Waals surface area contributed by atoms with Gasteiger partial charge in [0.05, 0.1) is 5.56 Å². The van der Waals surface area contributed by atoms with Crippen molar-refractivity contribution in [1.29, 1.82) is 0 Å². The third kappa shape index (κ3) is 4.36. The molecule has 3 nitrogen and oxygen atoms in total. The fourth-order valence-electron chi connectivity index (χ4n) is 2.42. The Kier molecular flexibility index (Phi) is 6.38. The highest BCUT2D eigenvalue weighted by atomic mass is 79.9. The molecule has 2 N–H and O–H groups in total. The van der Waals surface area contributed by atoms with E-state index in [0.29, 0.717) is 0 Å². The van der Waals surface area contributed by atoms with Crippen LogP contribution in [0.25, 0.3) is 23.3 Å². The van der Waals surface area contributed by atoms with Crippen molar-refractivity contribution in [2.75, 3.05) is 5.33 Å². The molecule has 0 aliphatic heterocycles. The van der Waals surface area contributed by atoms with E-state index < -0.39 is 5.97 Å². The van der Waals surface area contributed by atoms with Gasteiger partial charge in [-0.2, -0.15) is 0 Å². The van der Waals surface area contributed by atoms with Gasteiger partial charge in [-0.15, -0.1) is 0 Å². The Labute approximate surface area is 149 Å². The number of aromatic hydroxyl groups is 1. The number of phenols is 1. The number of alkyl halides is 1. The van der Waals surface area contributed by atoms with Crippen molar-refractivity contribution >= 4 is 34.1 Å². The fourth-order valence-corrected chi connectivity index (χ4v) is 2.65. The third-order valence-electron chi connectivity index (χ3n) is 3.56. The number of allylic oxidation sites excluding steroid dienone is 2. The summed E-state index contributed by atoms with van der Waals surface area (Å²) in [6.07, 6.45) is 8.56. The number of hydrogen-bond acceptors (Lipinski definition) is 2. The van der Waals surface area contributed by atoms with Crippen LogP contribution < -0.4 is 10.4 Å². The lowest BCUT2D eigenvalue weighted by Gasteiger charge is -2.06. The first-order valence-electron chi connectivity index (χ1n) is 7.62. The van der Waals surface area contributed by atoms with E-state index in [1.807, 2.05) is 43.4 Å². The zero-order chi connectivity index (χ0) is 17.5. The molecule has 24 heavy (non-hydrogen) atoms. The first kappa shape index (κ1) is 18.0. The highest BCUT2D eigenvalue weighted by molar-refractivity contribution is 9.09. The second kappa shape index (κ2) is 8.50. The van der Waals surface area contributed by atoms with Crippen molar-refractivity contribution in [3.63, 3.8) is 0 Å². The molecular formula is C20H19BrO3. The van der Waals surface area contributed by atoms with E-state index in [1.54, 1.807) is 24.3 Å². The fraction of sp³-hybridized carbons (Fsp3) is 0.150. The standard InChI is InChI=1S/C20H19BrO3/c1-2-3-6-15-12-17(13-19(22)18(15)9-5-10-21)14-7-4-8-16(11-14)20(23)24/h2-4,6-9,11-13,22H,5,10H2,1H3,(H,23,24)/b3-2-,15-6-,18-9-. The predicted octanol–water partition coefficient (Wildman–Crippen LogP) is 3.68. The zero-order valence-electron chi connectivity index (χ0n) is 13.4. The topological polar surface area (TPSA) is 57.5 Å². The molecule has 0 fully saturated rings. The van der Waals surface area contributed by atoms with Gasteiger partial charge in [0, 0.05) is 10.5 Å². The van der Waals surface area contributed by atoms with Gasteiger partial charge in [0.2, 0.25) is 0 Å². The van der Waals surface area contributed by atoms with Gasteiger partial charge in [-0.25, -0.2) is 4.79 Å². The molecule has 0 spiro atoms. The summed E-state index contributed by atoms with van der Waals surface area (Å²) in [6, 6.07) is 10.3. The molecule has 2 aromatic rings. The molecule has 0 aliphatic carbocycles. The van der Waals surface area contributed by atoms with E-state index in [0.717, 1.165) is 33.3 Å². The SMILES string of the molecule is C\C=C/C=c1/cc(-c2cccc(C(=O)O)c2)cc(O)/c1=C\CCBr. The Balaban J connectivity index is 2.68. The van der Waals surface area contributed by atoms with Gasteiger partial charge in [-0.05, 0) is 54.0 Å². The van der Waals surface area contributed by atoms with E-state index in [2.05, 4.69) is 15.9 Å². The van der Waals surface area contributed by atoms with Crippen LogP contribution in [0.15, 0.2) is 48.6 Å². The van der Waals surface area contributed by atoms with Crippen molar-refractivity contribution in [2.45, 2.75) is 13.3 Å². The Hall–Kier alpha value is -2.33. The number of benzene rings is 2. The van der Waals surface area contributed by atoms with Gasteiger partial charge in [0.15, 0.2) is 0 Å². The van der Waals surface area contributed by atoms with Gasteiger partial charge in [0.25, 0.3) is 0 Å². The summed E-state index contributed by atoms with van der Waals surface area (Å²) in [4.78, 5) is 11.2. The minimum atomic E-state index is -0.968. The molecule has 0 aliphatic rings. The molecule has 0 atom stereocenters. The molecule has 0 bridgehead atoms. The van der Waals surface area contributed by atoms with E-state index in [4.69, 9.17) is 5.11 Å². The molecular weight excluding hydrogens is 368 g/mol. The minimum absolute atomic E-state index is 0.185. The molecule has 2 rings (SSSR count). The quantitative estimate of drug-likeness (QED) is 0.770. The highest BCUT2D eigenvalue weighted by Crippen LogP contribution is 2.21. The maximum absolute atomic E-state index is 11.2. The Morgan fingerprint density at radius 3 is 2.67 bits per heavy atom. The second-order valence-corrected chi connectivity index (χ2v) is 6.05. The summed E-state index contributed by atoms with van der Waals surface area (Å²) in [5.41, 5.74) is 1.76. The molecule has 0 saturated carbocycles. The van der Waals surface area contributed by atoms with E-state index in [-0.39, 0.29) is 11.3 Å². The van der Waals surface area contributed by atoms with Gasteiger partial charge < -0.3 is 10.2 Å². The Morgan fingerprint density at radius 2 is 2.00 bits per heavy atom. The first-order chi connectivity index (χ1) is 11.6. The Bertz CT molecular complexity index is 882. The number of carboxylic acids is 1. The molecule has 0 heterocycles. The number of carbonyl (C=O) groups is 1. The molecule has 124 valence electrons. The van der Waals surface area contributed by atoms with Gasteiger partial charge >= 0.3 is 5.97 Å². The normalized spacial score (nSPS) is 12.9. The van der Waals surface area contributed by atoms with E-state index in [1.165, 1.54) is 0 Å². The van der Waals surface area contributed by atoms with Crippen molar-refractivity contribution in [3.05, 3.63) is 64.6 Å². The average molecular weight is 387 g/mol. The van der Waals surface area contributed by atoms with Crippen LogP contribution in [0, 0.1) is 0 Å². The average Bonchev–Trinajstić information content (AvgIpc) is 2.58. The lowest BCUT2D eigenvalue weighted by molar-refractivity contribution is 0.0697. The number of rotatable bonds is 5. The van der Waals surface area contributed by atoms with Crippen LogP contribution in [-0.4, -0.2) is 21.5 Å². The zero-order valence-corrected chi connectivity index (χ0v) is 15.0. The van der Waals surface area contributed by atoms with Gasteiger partial charge in [0.1, 0.15) is 5.75 Å². The lowest BCUT2D eigenvalue weighted by atomic mass is 10.0. The summed E-state index contributed by atoms with van der Waals surface area (Å²) >= 11 is 3.39. The van der Waals surface area contributed by atoms with Gasteiger partial charge in [-0.1, -0.05) is 52.4 Å². The van der Waals surface area contributed by atoms with Crippen molar-refractivity contribution < 1.29 is 15.0 Å². The van der Waals surface area contributed by atoms with Gasteiger partial charge in [-0.3, -0.25) is 0 Å². The number of halogens is 1. The maximum atomic E-state index is 11.2. The van der Waals surface area contributed by atoms with E-state index >= 15 is 0 Å². The van der Waals surface area contributed by atoms with Crippen LogP contribution >= 0.6 is 15.9 Å². The minimum Gasteiger partial charge on any atom is -0.507 e. The Morgan fingerprint density at radius 1 is 1.21 bits per heavy atom. The third-order valence-corrected chi connectivity index (χ3v) is 4.02. The molecule has 0 amide bonds. The molecule has 2 aromatic carbocycles.